The van der Waals surface area contributed by atoms with Gasteiger partial charge in [-0.15, -0.1) is 0 Å². The molecule has 0 atom stereocenters. The van der Waals surface area contributed by atoms with E-state index in [-0.39, 0.29) is 5.82 Å². The number of ether oxygens (including phenoxy) is 1. The molecule has 1 heterocycles. The quantitative estimate of drug-likeness (QED) is 0.943. The second kappa shape index (κ2) is 5.30. The Morgan fingerprint density at radius 1 is 1.33 bits per heavy atom. The molecule has 4 nitrogen and oxygen atoms in total. The van der Waals surface area contributed by atoms with E-state index in [4.69, 9.17) is 4.74 Å². The van der Waals surface area contributed by atoms with E-state index in [1.54, 1.807) is 12.3 Å². The molecule has 2 aromatic rings. The Morgan fingerprint density at radius 3 is 2.78 bits per heavy atom. The lowest BCUT2D eigenvalue weighted by Crippen LogP contribution is -2.00. The van der Waals surface area contributed by atoms with Gasteiger partial charge < -0.3 is 10.1 Å². The number of benzene rings is 1. The van der Waals surface area contributed by atoms with Crippen LogP contribution in [-0.4, -0.2) is 17.1 Å². The number of methoxy groups -OCH3 is 1. The third kappa shape index (κ3) is 2.95. The highest BCUT2D eigenvalue weighted by Crippen LogP contribution is 2.24. The Labute approximate surface area is 112 Å². The summed E-state index contributed by atoms with van der Waals surface area (Å²) < 4.78 is 18.9. The molecule has 1 N–H and O–H groups in total. The van der Waals surface area contributed by atoms with Crippen molar-refractivity contribution in [1.29, 1.82) is 0 Å². The normalized spacial score (nSPS) is 10.2. The van der Waals surface area contributed by atoms with E-state index in [1.807, 2.05) is 6.92 Å². The summed E-state index contributed by atoms with van der Waals surface area (Å²) in [6.45, 7) is 1.82. The van der Waals surface area contributed by atoms with Gasteiger partial charge in [0.05, 0.1) is 17.8 Å². The van der Waals surface area contributed by atoms with Gasteiger partial charge in [-0.25, -0.2) is 9.37 Å². The zero-order chi connectivity index (χ0) is 13.1. The molecule has 0 aliphatic carbocycles. The molecule has 0 saturated heterocycles. The van der Waals surface area contributed by atoms with Crippen molar-refractivity contribution in [3.8, 4) is 5.88 Å². The Bertz CT molecular complexity index is 557. The van der Waals surface area contributed by atoms with Crippen LogP contribution in [0.5, 0.6) is 5.88 Å². The number of hydrogen-bond acceptors (Lipinski definition) is 4. The molecule has 0 radical (unpaired) electrons. The van der Waals surface area contributed by atoms with Crippen LogP contribution in [0.4, 0.5) is 16.0 Å². The highest BCUT2D eigenvalue weighted by atomic mass is 79.9. The lowest BCUT2D eigenvalue weighted by Gasteiger charge is -2.08. The number of rotatable bonds is 3. The molecule has 94 valence electrons. The summed E-state index contributed by atoms with van der Waals surface area (Å²) in [5.41, 5.74) is 1.42. The van der Waals surface area contributed by atoms with Crippen LogP contribution in [0.1, 0.15) is 5.56 Å². The van der Waals surface area contributed by atoms with Crippen LogP contribution in [0.3, 0.4) is 0 Å². The molecule has 6 heteroatoms. The van der Waals surface area contributed by atoms with Crippen LogP contribution in [0.2, 0.25) is 0 Å². The van der Waals surface area contributed by atoms with Gasteiger partial charge in [0, 0.05) is 5.69 Å². The maximum Gasteiger partial charge on any atom is 0.232 e. The van der Waals surface area contributed by atoms with E-state index in [0.29, 0.717) is 22.0 Å². The first-order chi connectivity index (χ1) is 8.58. The van der Waals surface area contributed by atoms with Gasteiger partial charge in [0.1, 0.15) is 5.82 Å². The molecule has 0 amide bonds. The molecule has 0 saturated carbocycles. The number of aryl methyl sites for hydroxylation is 1. The minimum Gasteiger partial charge on any atom is -0.480 e. The summed E-state index contributed by atoms with van der Waals surface area (Å²) in [7, 11) is 1.52. The predicted molar refractivity (Wildman–Crippen MR) is 70.7 cm³/mol. The van der Waals surface area contributed by atoms with Crippen LogP contribution in [0.25, 0.3) is 0 Å². The third-order valence-electron chi connectivity index (χ3n) is 2.20. The Balaban J connectivity index is 2.28. The minimum absolute atomic E-state index is 0.304. The number of hydrogen-bond donors (Lipinski definition) is 1. The molecule has 0 unspecified atom stereocenters. The lowest BCUT2D eigenvalue weighted by molar-refractivity contribution is 0.394. The third-order valence-corrected chi connectivity index (χ3v) is 2.75. The fraction of sp³-hybridized carbons (Fsp3) is 0.167. The maximum atomic E-state index is 13.2. The predicted octanol–water partition coefficient (Wildman–Crippen LogP) is 3.44. The second-order valence-corrected chi connectivity index (χ2v) is 4.55. The average Bonchev–Trinajstić information content (AvgIpc) is 2.30. The number of nitrogens with one attached hydrogen (secondary N) is 1. The number of anilines is 2. The van der Waals surface area contributed by atoms with Gasteiger partial charge in [0.25, 0.3) is 0 Å². The highest BCUT2D eigenvalue weighted by Gasteiger charge is 2.06. The number of aromatic nitrogens is 2. The average molecular weight is 312 g/mol. The van der Waals surface area contributed by atoms with Gasteiger partial charge in [-0.3, -0.25) is 0 Å². The summed E-state index contributed by atoms with van der Waals surface area (Å²) in [5.74, 6) is 0.460. The van der Waals surface area contributed by atoms with Gasteiger partial charge >= 0.3 is 0 Å². The van der Waals surface area contributed by atoms with Gasteiger partial charge in [0.15, 0.2) is 0 Å². The van der Waals surface area contributed by atoms with Crippen LogP contribution in [-0.2, 0) is 0 Å². The fourth-order valence-corrected chi connectivity index (χ4v) is 1.85. The van der Waals surface area contributed by atoms with Gasteiger partial charge in [0.2, 0.25) is 11.8 Å². The van der Waals surface area contributed by atoms with Gasteiger partial charge in [-0.2, -0.15) is 4.98 Å². The monoisotopic (exact) mass is 311 g/mol. The van der Waals surface area contributed by atoms with Crippen molar-refractivity contribution in [3.05, 3.63) is 40.2 Å². The molecule has 1 aromatic heterocycles. The first-order valence-electron chi connectivity index (χ1n) is 5.19. The van der Waals surface area contributed by atoms with E-state index in [2.05, 4.69) is 31.2 Å². The lowest BCUT2D eigenvalue weighted by atomic mass is 10.2. The molecule has 2 rings (SSSR count). The van der Waals surface area contributed by atoms with Crippen molar-refractivity contribution in [2.45, 2.75) is 6.92 Å². The molecule has 18 heavy (non-hydrogen) atoms. The van der Waals surface area contributed by atoms with Crippen LogP contribution >= 0.6 is 15.9 Å². The molecular weight excluding hydrogens is 301 g/mol. The maximum absolute atomic E-state index is 13.2. The Kier molecular flexibility index (Phi) is 3.76. The first kappa shape index (κ1) is 12.8. The molecule has 0 aliphatic heterocycles. The summed E-state index contributed by atoms with van der Waals surface area (Å²) in [6.07, 6.45) is 1.57. The molecular formula is C12H11BrFN3O. The zero-order valence-corrected chi connectivity index (χ0v) is 11.5. The van der Waals surface area contributed by atoms with E-state index in [9.17, 15) is 4.39 Å². The Morgan fingerprint density at radius 2 is 2.11 bits per heavy atom. The Hall–Kier alpha value is -1.69. The zero-order valence-electron chi connectivity index (χ0n) is 9.87. The summed E-state index contributed by atoms with van der Waals surface area (Å²) >= 11 is 3.26. The highest BCUT2D eigenvalue weighted by molar-refractivity contribution is 9.10. The molecule has 0 fully saturated rings. The first-order valence-corrected chi connectivity index (χ1v) is 5.98. The molecule has 1 aromatic carbocycles. The van der Waals surface area contributed by atoms with E-state index in [0.717, 1.165) is 5.56 Å². The van der Waals surface area contributed by atoms with Crippen molar-refractivity contribution >= 4 is 27.6 Å². The topological polar surface area (TPSA) is 47.0 Å². The van der Waals surface area contributed by atoms with Crippen molar-refractivity contribution < 1.29 is 9.13 Å². The van der Waals surface area contributed by atoms with Crippen molar-refractivity contribution in [1.82, 2.24) is 9.97 Å². The standard InChI is InChI=1S/C12H11BrFN3O/c1-7-3-8(14)5-9(4-7)16-12-15-6-10(13)11(17-12)18-2/h3-6H,1-2H3,(H,15,16,17). The van der Waals surface area contributed by atoms with Gasteiger partial charge in [-0.1, -0.05) is 0 Å². The smallest absolute Gasteiger partial charge is 0.232 e. The van der Waals surface area contributed by atoms with E-state index in [1.165, 1.54) is 19.2 Å². The van der Waals surface area contributed by atoms with E-state index >= 15 is 0 Å². The van der Waals surface area contributed by atoms with E-state index < -0.39 is 0 Å². The summed E-state index contributed by atoms with van der Waals surface area (Å²) in [4.78, 5) is 8.20. The minimum atomic E-state index is -0.304. The van der Waals surface area contributed by atoms with Crippen LogP contribution in [0.15, 0.2) is 28.9 Å². The van der Waals surface area contributed by atoms with Crippen LogP contribution in [0, 0.1) is 12.7 Å². The van der Waals surface area contributed by atoms with Crippen molar-refractivity contribution in [2.24, 2.45) is 0 Å². The summed E-state index contributed by atoms with van der Waals surface area (Å²) in [5, 5.41) is 2.92. The van der Waals surface area contributed by atoms with Crippen molar-refractivity contribution in [3.63, 3.8) is 0 Å². The van der Waals surface area contributed by atoms with Gasteiger partial charge in [-0.05, 0) is 46.6 Å². The van der Waals surface area contributed by atoms with Crippen molar-refractivity contribution in [2.75, 3.05) is 12.4 Å². The summed E-state index contributed by atoms with van der Waals surface area (Å²) in [6, 6.07) is 4.64. The SMILES string of the molecule is COc1nc(Nc2cc(C)cc(F)c2)ncc1Br. The second-order valence-electron chi connectivity index (χ2n) is 3.69. The number of halogens is 2. The largest absolute Gasteiger partial charge is 0.480 e. The molecule has 0 bridgehead atoms. The molecule has 0 spiro atoms. The van der Waals surface area contributed by atoms with Crippen LogP contribution < -0.4 is 10.1 Å². The fourth-order valence-electron chi connectivity index (χ4n) is 1.49. The number of nitrogens with zero attached hydrogens (tertiary/aromatic N) is 2. The molecule has 0 aliphatic rings.